The number of anilines is 1. The van der Waals surface area contributed by atoms with E-state index in [4.69, 9.17) is 0 Å². The van der Waals surface area contributed by atoms with Crippen LogP contribution in [0.3, 0.4) is 0 Å². The second-order valence-electron chi connectivity index (χ2n) is 5.97. The topological polar surface area (TPSA) is 15.3 Å². The highest BCUT2D eigenvalue weighted by molar-refractivity contribution is 5.55. The van der Waals surface area contributed by atoms with Crippen LogP contribution in [0, 0.1) is 11.7 Å². The summed E-state index contributed by atoms with van der Waals surface area (Å²) >= 11 is 0. The summed E-state index contributed by atoms with van der Waals surface area (Å²) in [7, 11) is 2.02. The van der Waals surface area contributed by atoms with Gasteiger partial charge in [-0.15, -0.1) is 0 Å². The highest BCUT2D eigenvalue weighted by Crippen LogP contribution is 2.32. The summed E-state index contributed by atoms with van der Waals surface area (Å²) in [5.74, 6) is 0.514. The number of para-hydroxylation sites is 1. The van der Waals surface area contributed by atoms with Crippen LogP contribution in [0.1, 0.15) is 38.7 Å². The zero-order chi connectivity index (χ0) is 13.8. The molecule has 0 aromatic heterocycles. The molecule has 0 amide bonds. The third kappa shape index (κ3) is 3.47. The minimum absolute atomic E-state index is 0.0988. The van der Waals surface area contributed by atoms with Gasteiger partial charge in [-0.3, -0.25) is 0 Å². The van der Waals surface area contributed by atoms with Gasteiger partial charge in [0.25, 0.3) is 0 Å². The molecule has 2 nitrogen and oxygen atoms in total. The van der Waals surface area contributed by atoms with Gasteiger partial charge in [0.05, 0.1) is 5.69 Å². The van der Waals surface area contributed by atoms with Crippen molar-refractivity contribution < 1.29 is 4.39 Å². The van der Waals surface area contributed by atoms with E-state index in [0.717, 1.165) is 24.3 Å². The van der Waals surface area contributed by atoms with Gasteiger partial charge < -0.3 is 10.2 Å². The Morgan fingerprint density at radius 2 is 2.11 bits per heavy atom. The lowest BCUT2D eigenvalue weighted by atomic mass is 9.91. The summed E-state index contributed by atoms with van der Waals surface area (Å²) in [6, 6.07) is 5.91. The van der Waals surface area contributed by atoms with E-state index in [-0.39, 0.29) is 5.82 Å². The maximum absolute atomic E-state index is 14.1. The van der Waals surface area contributed by atoms with Crippen molar-refractivity contribution in [1.29, 1.82) is 0 Å². The standard InChI is InChI=1S/C16H25FN2/c1-12(2)10-18-11-13-6-4-9-15(17)16(13)19(3)14-7-5-8-14/h4,6,9,12,14,18H,5,7-8,10-11H2,1-3H3. The molecule has 1 aromatic rings. The molecule has 1 fully saturated rings. The molecule has 0 atom stereocenters. The van der Waals surface area contributed by atoms with E-state index in [0.29, 0.717) is 12.0 Å². The second kappa shape index (κ2) is 6.38. The molecule has 0 saturated heterocycles. The summed E-state index contributed by atoms with van der Waals surface area (Å²) in [5, 5.41) is 3.41. The Hall–Kier alpha value is -1.09. The van der Waals surface area contributed by atoms with Crippen LogP contribution in [-0.2, 0) is 6.54 Å². The predicted molar refractivity (Wildman–Crippen MR) is 79.0 cm³/mol. The SMILES string of the molecule is CC(C)CNCc1cccc(F)c1N(C)C1CCC1. The lowest BCUT2D eigenvalue weighted by Gasteiger charge is -2.37. The Balaban J connectivity index is 2.10. The molecule has 0 unspecified atom stereocenters. The fraction of sp³-hybridized carbons (Fsp3) is 0.625. The average Bonchev–Trinajstić information content (AvgIpc) is 2.26. The first-order valence-electron chi connectivity index (χ1n) is 7.30. The number of nitrogens with zero attached hydrogens (tertiary/aromatic N) is 1. The van der Waals surface area contributed by atoms with Crippen molar-refractivity contribution in [3.63, 3.8) is 0 Å². The van der Waals surface area contributed by atoms with Crippen LogP contribution < -0.4 is 10.2 Å². The molecule has 1 aromatic carbocycles. The molecule has 0 bridgehead atoms. The molecule has 1 aliphatic rings. The molecule has 2 rings (SSSR count). The fourth-order valence-corrected chi connectivity index (χ4v) is 2.55. The number of rotatable bonds is 6. The van der Waals surface area contributed by atoms with Gasteiger partial charge in [0.1, 0.15) is 5.82 Å². The molecule has 1 aliphatic carbocycles. The van der Waals surface area contributed by atoms with Crippen LogP contribution in [0.25, 0.3) is 0 Å². The highest BCUT2D eigenvalue weighted by atomic mass is 19.1. The summed E-state index contributed by atoms with van der Waals surface area (Å²) in [4.78, 5) is 2.13. The molecule has 3 heteroatoms. The maximum atomic E-state index is 14.1. The van der Waals surface area contributed by atoms with E-state index in [2.05, 4.69) is 24.1 Å². The van der Waals surface area contributed by atoms with E-state index < -0.39 is 0 Å². The van der Waals surface area contributed by atoms with Crippen molar-refractivity contribution in [3.8, 4) is 0 Å². The van der Waals surface area contributed by atoms with Crippen molar-refractivity contribution in [1.82, 2.24) is 5.32 Å². The van der Waals surface area contributed by atoms with Gasteiger partial charge in [-0.05, 0) is 43.4 Å². The Kier molecular flexibility index (Phi) is 4.81. The Morgan fingerprint density at radius 1 is 1.37 bits per heavy atom. The van der Waals surface area contributed by atoms with Gasteiger partial charge in [-0.1, -0.05) is 26.0 Å². The smallest absolute Gasteiger partial charge is 0.146 e. The Morgan fingerprint density at radius 3 is 2.68 bits per heavy atom. The third-order valence-corrected chi connectivity index (χ3v) is 3.91. The van der Waals surface area contributed by atoms with E-state index in [1.165, 1.54) is 19.3 Å². The summed E-state index contributed by atoms with van der Waals surface area (Å²) in [5.41, 5.74) is 1.85. The van der Waals surface area contributed by atoms with E-state index in [1.807, 2.05) is 13.1 Å². The fourth-order valence-electron chi connectivity index (χ4n) is 2.55. The van der Waals surface area contributed by atoms with E-state index >= 15 is 0 Å². The molecule has 0 heterocycles. The maximum Gasteiger partial charge on any atom is 0.146 e. The van der Waals surface area contributed by atoms with Crippen LogP contribution >= 0.6 is 0 Å². The van der Waals surface area contributed by atoms with Crippen LogP contribution in [0.4, 0.5) is 10.1 Å². The zero-order valence-corrected chi connectivity index (χ0v) is 12.2. The number of benzene rings is 1. The third-order valence-electron chi connectivity index (χ3n) is 3.91. The van der Waals surface area contributed by atoms with E-state index in [9.17, 15) is 4.39 Å². The molecule has 1 N–H and O–H groups in total. The molecular weight excluding hydrogens is 239 g/mol. The Labute approximate surface area is 116 Å². The molecule has 0 spiro atoms. The van der Waals surface area contributed by atoms with Crippen molar-refractivity contribution in [2.75, 3.05) is 18.5 Å². The zero-order valence-electron chi connectivity index (χ0n) is 12.2. The minimum atomic E-state index is -0.0988. The molecule has 19 heavy (non-hydrogen) atoms. The molecule has 0 aliphatic heterocycles. The number of hydrogen-bond acceptors (Lipinski definition) is 2. The first-order valence-corrected chi connectivity index (χ1v) is 7.30. The molecular formula is C16H25FN2. The number of hydrogen-bond donors (Lipinski definition) is 1. The lowest BCUT2D eigenvalue weighted by molar-refractivity contribution is 0.397. The lowest BCUT2D eigenvalue weighted by Crippen LogP contribution is -2.38. The quantitative estimate of drug-likeness (QED) is 0.845. The van der Waals surface area contributed by atoms with Crippen molar-refractivity contribution in [2.24, 2.45) is 5.92 Å². The first kappa shape index (κ1) is 14.3. The average molecular weight is 264 g/mol. The van der Waals surface area contributed by atoms with E-state index in [1.54, 1.807) is 12.1 Å². The summed E-state index contributed by atoms with van der Waals surface area (Å²) in [6.45, 7) is 6.06. The first-order chi connectivity index (χ1) is 9.09. The largest absolute Gasteiger partial charge is 0.369 e. The van der Waals surface area contributed by atoms with Crippen molar-refractivity contribution in [3.05, 3.63) is 29.6 Å². The molecule has 0 radical (unpaired) electrons. The Bertz CT molecular complexity index is 413. The van der Waals surface area contributed by atoms with Gasteiger partial charge in [-0.2, -0.15) is 0 Å². The number of nitrogens with one attached hydrogen (secondary N) is 1. The molecule has 1 saturated carbocycles. The normalized spacial score (nSPS) is 15.6. The second-order valence-corrected chi connectivity index (χ2v) is 5.97. The predicted octanol–water partition coefficient (Wildman–Crippen LogP) is 3.56. The van der Waals surface area contributed by atoms with Gasteiger partial charge >= 0.3 is 0 Å². The minimum Gasteiger partial charge on any atom is -0.369 e. The summed E-state index contributed by atoms with van der Waals surface area (Å²) < 4.78 is 14.1. The summed E-state index contributed by atoms with van der Waals surface area (Å²) in [6.07, 6.45) is 3.64. The van der Waals surface area contributed by atoms with Crippen molar-refractivity contribution in [2.45, 2.75) is 45.7 Å². The highest BCUT2D eigenvalue weighted by Gasteiger charge is 2.25. The molecule has 106 valence electrons. The van der Waals surface area contributed by atoms with Gasteiger partial charge in [0, 0.05) is 19.6 Å². The van der Waals surface area contributed by atoms with Crippen LogP contribution in [0.15, 0.2) is 18.2 Å². The van der Waals surface area contributed by atoms with Crippen molar-refractivity contribution >= 4 is 5.69 Å². The van der Waals surface area contributed by atoms with Crippen LogP contribution in [0.2, 0.25) is 0 Å². The monoisotopic (exact) mass is 264 g/mol. The number of halogens is 1. The van der Waals surface area contributed by atoms with Gasteiger partial charge in [-0.25, -0.2) is 4.39 Å². The van der Waals surface area contributed by atoms with Gasteiger partial charge in [0.2, 0.25) is 0 Å². The van der Waals surface area contributed by atoms with Crippen LogP contribution in [0.5, 0.6) is 0 Å². The van der Waals surface area contributed by atoms with Crippen LogP contribution in [-0.4, -0.2) is 19.6 Å². The van der Waals surface area contributed by atoms with Gasteiger partial charge in [0.15, 0.2) is 0 Å².